The van der Waals surface area contributed by atoms with Gasteiger partial charge in [-0.25, -0.2) is 0 Å². The van der Waals surface area contributed by atoms with Crippen LogP contribution in [0.3, 0.4) is 0 Å². The molecule has 1 fully saturated rings. The lowest BCUT2D eigenvalue weighted by molar-refractivity contribution is -0.152. The second-order valence-corrected chi connectivity index (χ2v) is 7.82. The van der Waals surface area contributed by atoms with Crippen molar-refractivity contribution < 1.29 is 9.59 Å². The Kier molecular flexibility index (Phi) is 4.60. The molecule has 1 aromatic carbocycles. The van der Waals surface area contributed by atoms with E-state index in [4.69, 9.17) is 0 Å². The first-order valence-electron chi connectivity index (χ1n) is 7.05. The van der Waals surface area contributed by atoms with Crippen LogP contribution in [-0.2, 0) is 16.1 Å². The van der Waals surface area contributed by atoms with E-state index in [2.05, 4.69) is 27.9 Å². The molecule has 0 radical (unpaired) electrons. The number of carbonyl (C=O) groups excluding carboxylic acids is 2. The first-order valence-corrected chi connectivity index (χ1v) is 8.13. The van der Waals surface area contributed by atoms with E-state index in [1.807, 2.05) is 45.0 Å². The molecule has 0 aliphatic carbocycles. The smallest absolute Gasteiger partial charge is 0.246 e. The van der Waals surface area contributed by atoms with Crippen LogP contribution in [0, 0.1) is 8.99 Å². The highest BCUT2D eigenvalue weighted by Crippen LogP contribution is 2.26. The van der Waals surface area contributed by atoms with E-state index < -0.39 is 12.1 Å². The van der Waals surface area contributed by atoms with Gasteiger partial charge in [-0.05, 0) is 52.6 Å². The van der Waals surface area contributed by atoms with Crippen LogP contribution in [0.25, 0.3) is 0 Å². The SMILES string of the molecule is CC1C(=O)NC(C(C)(C)C)C(=O)N1Cc1ccc(I)cc1. The predicted octanol–water partition coefficient (Wildman–Crippen LogP) is 2.55. The van der Waals surface area contributed by atoms with Crippen LogP contribution < -0.4 is 5.32 Å². The molecule has 21 heavy (non-hydrogen) atoms. The zero-order chi connectivity index (χ0) is 15.8. The largest absolute Gasteiger partial charge is 0.342 e. The maximum absolute atomic E-state index is 12.7. The summed E-state index contributed by atoms with van der Waals surface area (Å²) >= 11 is 2.25. The van der Waals surface area contributed by atoms with Gasteiger partial charge >= 0.3 is 0 Å². The summed E-state index contributed by atoms with van der Waals surface area (Å²) in [6.07, 6.45) is 0. The summed E-state index contributed by atoms with van der Waals surface area (Å²) in [6.45, 7) is 8.15. The van der Waals surface area contributed by atoms with Crippen molar-refractivity contribution in [3.63, 3.8) is 0 Å². The van der Waals surface area contributed by atoms with Gasteiger partial charge in [0.15, 0.2) is 0 Å². The standard InChI is InChI=1S/C16H21IN2O2/c1-10-14(20)18-13(16(2,3)4)15(21)19(10)9-11-5-7-12(17)8-6-11/h5-8,10,13H,9H2,1-4H3,(H,18,20). The average molecular weight is 400 g/mol. The van der Waals surface area contributed by atoms with E-state index in [1.165, 1.54) is 0 Å². The summed E-state index contributed by atoms with van der Waals surface area (Å²) < 4.78 is 1.15. The molecule has 1 N–H and O–H groups in total. The lowest BCUT2D eigenvalue weighted by atomic mass is 9.84. The zero-order valence-corrected chi connectivity index (χ0v) is 15.0. The highest BCUT2D eigenvalue weighted by atomic mass is 127. The molecule has 0 bridgehead atoms. The number of nitrogens with zero attached hydrogens (tertiary/aromatic N) is 1. The number of hydrogen-bond acceptors (Lipinski definition) is 2. The molecule has 0 spiro atoms. The number of halogens is 1. The van der Waals surface area contributed by atoms with Crippen molar-refractivity contribution in [1.82, 2.24) is 10.2 Å². The van der Waals surface area contributed by atoms with Gasteiger partial charge in [0, 0.05) is 10.1 Å². The molecule has 0 aromatic heterocycles. The van der Waals surface area contributed by atoms with Crippen LogP contribution in [0.4, 0.5) is 0 Å². The fourth-order valence-corrected chi connectivity index (χ4v) is 2.77. The van der Waals surface area contributed by atoms with Gasteiger partial charge in [0.05, 0.1) is 0 Å². The van der Waals surface area contributed by atoms with Crippen molar-refractivity contribution in [3.8, 4) is 0 Å². The first kappa shape index (κ1) is 16.3. The Hall–Kier alpha value is -1.11. The molecule has 5 heteroatoms. The van der Waals surface area contributed by atoms with Crippen molar-refractivity contribution in [3.05, 3.63) is 33.4 Å². The second-order valence-electron chi connectivity index (χ2n) is 6.58. The van der Waals surface area contributed by atoms with Crippen molar-refractivity contribution in [1.29, 1.82) is 0 Å². The Morgan fingerprint density at radius 1 is 1.19 bits per heavy atom. The highest BCUT2D eigenvalue weighted by molar-refractivity contribution is 14.1. The summed E-state index contributed by atoms with van der Waals surface area (Å²) in [7, 11) is 0. The number of rotatable bonds is 2. The van der Waals surface area contributed by atoms with Crippen molar-refractivity contribution in [2.24, 2.45) is 5.41 Å². The molecule has 1 saturated heterocycles. The quantitative estimate of drug-likeness (QED) is 0.776. The summed E-state index contributed by atoms with van der Waals surface area (Å²) in [5.41, 5.74) is 0.745. The normalized spacial score (nSPS) is 23.2. The van der Waals surface area contributed by atoms with E-state index in [-0.39, 0.29) is 17.2 Å². The first-order chi connectivity index (χ1) is 9.70. The molecule has 1 aromatic rings. The van der Waals surface area contributed by atoms with E-state index in [9.17, 15) is 9.59 Å². The lowest BCUT2D eigenvalue weighted by Gasteiger charge is -2.42. The fourth-order valence-electron chi connectivity index (χ4n) is 2.41. The van der Waals surface area contributed by atoms with Gasteiger partial charge in [0.2, 0.25) is 11.8 Å². The van der Waals surface area contributed by atoms with Gasteiger partial charge in [-0.2, -0.15) is 0 Å². The Morgan fingerprint density at radius 3 is 2.29 bits per heavy atom. The third-order valence-corrected chi connectivity index (χ3v) is 4.51. The molecule has 2 atom stereocenters. The monoisotopic (exact) mass is 400 g/mol. The van der Waals surface area contributed by atoms with Crippen LogP contribution >= 0.6 is 22.6 Å². The molecule has 2 unspecified atom stereocenters. The Balaban J connectivity index is 2.24. The van der Waals surface area contributed by atoms with Gasteiger partial charge < -0.3 is 10.2 Å². The molecule has 0 saturated carbocycles. The van der Waals surface area contributed by atoms with Gasteiger partial charge in [-0.15, -0.1) is 0 Å². The maximum Gasteiger partial charge on any atom is 0.246 e. The second kappa shape index (κ2) is 5.94. The molecule has 1 aliphatic heterocycles. The average Bonchev–Trinajstić information content (AvgIpc) is 2.40. The van der Waals surface area contributed by atoms with Crippen LogP contribution in [0.1, 0.15) is 33.3 Å². The van der Waals surface area contributed by atoms with E-state index in [1.54, 1.807) is 11.8 Å². The zero-order valence-electron chi connectivity index (χ0n) is 12.8. The molecular weight excluding hydrogens is 379 g/mol. The van der Waals surface area contributed by atoms with E-state index in [0.717, 1.165) is 9.13 Å². The minimum absolute atomic E-state index is 0.00634. The molecule has 1 heterocycles. The highest BCUT2D eigenvalue weighted by Gasteiger charge is 2.43. The molecule has 114 valence electrons. The number of carbonyl (C=O) groups is 2. The number of hydrogen-bond donors (Lipinski definition) is 1. The third kappa shape index (κ3) is 3.56. The molecular formula is C16H21IN2O2. The Morgan fingerprint density at radius 2 is 1.76 bits per heavy atom. The van der Waals surface area contributed by atoms with Gasteiger partial charge in [-0.3, -0.25) is 9.59 Å². The molecule has 2 rings (SSSR count). The molecule has 2 amide bonds. The topological polar surface area (TPSA) is 49.4 Å². The number of amides is 2. The lowest BCUT2D eigenvalue weighted by Crippen LogP contribution is -2.65. The van der Waals surface area contributed by atoms with E-state index >= 15 is 0 Å². The van der Waals surface area contributed by atoms with Crippen LogP contribution in [0.15, 0.2) is 24.3 Å². The summed E-state index contributed by atoms with van der Waals surface area (Å²) in [5.74, 6) is -0.0896. The van der Waals surface area contributed by atoms with Crippen LogP contribution in [-0.4, -0.2) is 28.8 Å². The van der Waals surface area contributed by atoms with Gasteiger partial charge in [0.25, 0.3) is 0 Å². The summed E-state index contributed by atoms with van der Waals surface area (Å²) in [5, 5.41) is 2.85. The van der Waals surface area contributed by atoms with Crippen molar-refractivity contribution in [2.75, 3.05) is 0 Å². The molecule has 4 nitrogen and oxygen atoms in total. The minimum atomic E-state index is -0.468. The van der Waals surface area contributed by atoms with Crippen molar-refractivity contribution >= 4 is 34.4 Å². The van der Waals surface area contributed by atoms with Crippen molar-refractivity contribution in [2.45, 2.75) is 46.3 Å². The Bertz CT molecular complexity index is 548. The van der Waals surface area contributed by atoms with Crippen LogP contribution in [0.5, 0.6) is 0 Å². The summed E-state index contributed by atoms with van der Waals surface area (Å²) in [6, 6.07) is 7.12. The third-order valence-electron chi connectivity index (χ3n) is 3.80. The predicted molar refractivity (Wildman–Crippen MR) is 90.6 cm³/mol. The minimum Gasteiger partial charge on any atom is -0.342 e. The Labute approximate surface area is 139 Å². The number of benzene rings is 1. The maximum atomic E-state index is 12.7. The number of nitrogens with one attached hydrogen (secondary N) is 1. The molecule has 1 aliphatic rings. The van der Waals surface area contributed by atoms with Gasteiger partial charge in [0.1, 0.15) is 12.1 Å². The van der Waals surface area contributed by atoms with Gasteiger partial charge in [-0.1, -0.05) is 32.9 Å². The summed E-state index contributed by atoms with van der Waals surface area (Å²) in [4.78, 5) is 26.5. The van der Waals surface area contributed by atoms with Crippen LogP contribution in [0.2, 0.25) is 0 Å². The fraction of sp³-hybridized carbons (Fsp3) is 0.500. The van der Waals surface area contributed by atoms with E-state index in [0.29, 0.717) is 6.54 Å². The number of piperazine rings is 1.